The fraction of sp³-hybridized carbons (Fsp3) is 0.160. The normalized spacial score (nSPS) is 11.3. The second-order valence-corrected chi connectivity index (χ2v) is 11.9. The minimum absolute atomic E-state index is 0.120. The van der Waals surface area contributed by atoms with Gasteiger partial charge in [0.25, 0.3) is 10.0 Å². The Kier molecular flexibility index (Phi) is 7.84. The van der Waals surface area contributed by atoms with E-state index in [2.05, 4.69) is 15.5 Å². The van der Waals surface area contributed by atoms with Gasteiger partial charge in [0.05, 0.1) is 10.6 Å². The van der Waals surface area contributed by atoms with Crippen LogP contribution in [0.15, 0.2) is 88.1 Å². The van der Waals surface area contributed by atoms with E-state index in [4.69, 9.17) is 0 Å². The van der Waals surface area contributed by atoms with Crippen LogP contribution in [0.5, 0.6) is 0 Å². The first-order valence-corrected chi connectivity index (χ1v) is 14.0. The van der Waals surface area contributed by atoms with Crippen molar-refractivity contribution in [2.45, 2.75) is 28.8 Å². The standard InChI is InChI=1S/C25H24N4O3S3/c1-18-12-14-21(15-13-18)35(31,32)29(22-11-7-6-8-19(22)2)16-23(30)26-24-27-28-25(34-24)33-17-20-9-4-3-5-10-20/h3-15H,16-17H2,1-2H3,(H,26,27,30). The second kappa shape index (κ2) is 11.0. The van der Waals surface area contributed by atoms with Crippen LogP contribution in [0.2, 0.25) is 0 Å². The van der Waals surface area contributed by atoms with Gasteiger partial charge in [-0.3, -0.25) is 14.4 Å². The molecule has 4 rings (SSSR count). The number of nitrogens with zero attached hydrogens (tertiary/aromatic N) is 3. The molecule has 0 aliphatic rings. The van der Waals surface area contributed by atoms with Crippen molar-refractivity contribution in [1.29, 1.82) is 0 Å². The number of hydrogen-bond donors (Lipinski definition) is 1. The number of sulfonamides is 1. The minimum atomic E-state index is -3.98. The Morgan fingerprint density at radius 1 is 0.943 bits per heavy atom. The molecule has 1 N–H and O–H groups in total. The monoisotopic (exact) mass is 524 g/mol. The average Bonchev–Trinajstić information content (AvgIpc) is 3.30. The van der Waals surface area contributed by atoms with Gasteiger partial charge in [0.2, 0.25) is 11.0 Å². The van der Waals surface area contributed by atoms with Gasteiger partial charge < -0.3 is 0 Å². The lowest BCUT2D eigenvalue weighted by Gasteiger charge is -2.25. The molecular weight excluding hydrogens is 501 g/mol. The summed E-state index contributed by atoms with van der Waals surface area (Å²) in [7, 11) is -3.98. The summed E-state index contributed by atoms with van der Waals surface area (Å²) in [5, 5.41) is 11.2. The second-order valence-electron chi connectivity index (χ2n) is 7.81. The van der Waals surface area contributed by atoms with Crippen molar-refractivity contribution in [1.82, 2.24) is 10.2 Å². The molecule has 0 saturated carbocycles. The molecule has 1 amide bonds. The number of benzene rings is 3. The van der Waals surface area contributed by atoms with Crippen molar-refractivity contribution < 1.29 is 13.2 Å². The molecular formula is C25H24N4O3S3. The number of carbonyl (C=O) groups is 1. The van der Waals surface area contributed by atoms with E-state index in [1.54, 1.807) is 36.4 Å². The zero-order valence-corrected chi connectivity index (χ0v) is 21.7. The van der Waals surface area contributed by atoms with Crippen LogP contribution >= 0.6 is 23.1 Å². The van der Waals surface area contributed by atoms with E-state index in [0.717, 1.165) is 26.7 Å². The summed E-state index contributed by atoms with van der Waals surface area (Å²) in [5.74, 6) is 0.235. The highest BCUT2D eigenvalue weighted by molar-refractivity contribution is 8.00. The van der Waals surface area contributed by atoms with E-state index in [-0.39, 0.29) is 4.90 Å². The molecule has 10 heteroatoms. The van der Waals surface area contributed by atoms with Crippen LogP contribution in [-0.2, 0) is 20.6 Å². The summed E-state index contributed by atoms with van der Waals surface area (Å²) in [6.07, 6.45) is 0. The van der Waals surface area contributed by atoms with Crippen molar-refractivity contribution in [2.24, 2.45) is 0 Å². The number of anilines is 2. The molecule has 1 aromatic heterocycles. The molecule has 0 fully saturated rings. The molecule has 35 heavy (non-hydrogen) atoms. The van der Waals surface area contributed by atoms with Gasteiger partial charge in [-0.1, -0.05) is 89.3 Å². The van der Waals surface area contributed by atoms with Crippen molar-refractivity contribution in [3.8, 4) is 0 Å². The van der Waals surface area contributed by atoms with Gasteiger partial charge >= 0.3 is 0 Å². The molecule has 3 aromatic carbocycles. The maximum Gasteiger partial charge on any atom is 0.264 e. The molecule has 0 saturated heterocycles. The lowest BCUT2D eigenvalue weighted by molar-refractivity contribution is -0.114. The summed E-state index contributed by atoms with van der Waals surface area (Å²) in [5.41, 5.74) is 3.29. The van der Waals surface area contributed by atoms with Crippen LogP contribution in [0.3, 0.4) is 0 Å². The molecule has 180 valence electrons. The van der Waals surface area contributed by atoms with Crippen LogP contribution in [0.1, 0.15) is 16.7 Å². The van der Waals surface area contributed by atoms with E-state index in [1.807, 2.05) is 56.3 Å². The zero-order valence-electron chi connectivity index (χ0n) is 19.2. The van der Waals surface area contributed by atoms with Crippen LogP contribution in [0, 0.1) is 13.8 Å². The first-order chi connectivity index (χ1) is 16.8. The molecule has 0 spiro atoms. The van der Waals surface area contributed by atoms with E-state index < -0.39 is 22.5 Å². The van der Waals surface area contributed by atoms with Crippen LogP contribution < -0.4 is 9.62 Å². The first-order valence-electron chi connectivity index (χ1n) is 10.8. The Bertz CT molecular complexity index is 1410. The van der Waals surface area contributed by atoms with E-state index in [0.29, 0.717) is 15.2 Å². The number of thioether (sulfide) groups is 1. The number of para-hydroxylation sites is 1. The number of rotatable bonds is 9. The molecule has 0 atom stereocenters. The number of aromatic nitrogens is 2. The third-order valence-corrected chi connectivity index (χ3v) is 8.96. The number of amides is 1. The lowest BCUT2D eigenvalue weighted by Crippen LogP contribution is -2.38. The minimum Gasteiger partial charge on any atom is -0.299 e. The zero-order chi connectivity index (χ0) is 24.8. The molecule has 7 nitrogen and oxygen atoms in total. The van der Waals surface area contributed by atoms with E-state index in [1.165, 1.54) is 23.1 Å². The quantitative estimate of drug-likeness (QED) is 0.237. The van der Waals surface area contributed by atoms with Gasteiger partial charge in [-0.2, -0.15) is 0 Å². The highest BCUT2D eigenvalue weighted by Crippen LogP contribution is 2.29. The number of hydrogen-bond acceptors (Lipinski definition) is 7. The van der Waals surface area contributed by atoms with Gasteiger partial charge in [0, 0.05) is 5.75 Å². The summed E-state index contributed by atoms with van der Waals surface area (Å²) in [4.78, 5) is 13.1. The SMILES string of the molecule is Cc1ccc(S(=O)(=O)N(CC(=O)Nc2nnc(SCc3ccccc3)s2)c2ccccc2C)cc1. The number of carbonyl (C=O) groups excluding carboxylic acids is 1. The molecule has 0 unspecified atom stereocenters. The first kappa shape index (κ1) is 24.9. The molecule has 0 radical (unpaired) electrons. The Balaban J connectivity index is 1.51. The maximum absolute atomic E-state index is 13.5. The van der Waals surface area contributed by atoms with Gasteiger partial charge in [-0.15, -0.1) is 10.2 Å². The summed E-state index contributed by atoms with van der Waals surface area (Å²) >= 11 is 2.78. The van der Waals surface area contributed by atoms with Gasteiger partial charge in [-0.05, 0) is 43.2 Å². The molecule has 0 aliphatic heterocycles. The highest BCUT2D eigenvalue weighted by atomic mass is 32.2. The highest BCUT2D eigenvalue weighted by Gasteiger charge is 2.28. The Hall–Kier alpha value is -3.21. The molecule has 4 aromatic rings. The Morgan fingerprint density at radius 2 is 1.63 bits per heavy atom. The maximum atomic E-state index is 13.5. The molecule has 1 heterocycles. The Morgan fingerprint density at radius 3 is 2.34 bits per heavy atom. The topological polar surface area (TPSA) is 92.3 Å². The van der Waals surface area contributed by atoms with Gasteiger partial charge in [0.1, 0.15) is 6.54 Å². The van der Waals surface area contributed by atoms with E-state index >= 15 is 0 Å². The summed E-state index contributed by atoms with van der Waals surface area (Å²) in [6, 6.07) is 23.6. The smallest absolute Gasteiger partial charge is 0.264 e. The average molecular weight is 525 g/mol. The van der Waals surface area contributed by atoms with Crippen molar-refractivity contribution in [2.75, 3.05) is 16.2 Å². The number of aryl methyl sites for hydroxylation is 2. The molecule has 0 aliphatic carbocycles. The third kappa shape index (κ3) is 6.27. The molecule has 0 bridgehead atoms. The summed E-state index contributed by atoms with van der Waals surface area (Å²) in [6.45, 7) is 3.30. The van der Waals surface area contributed by atoms with Gasteiger partial charge in [-0.25, -0.2) is 8.42 Å². The van der Waals surface area contributed by atoms with Crippen molar-refractivity contribution in [3.05, 3.63) is 95.6 Å². The summed E-state index contributed by atoms with van der Waals surface area (Å²) < 4.78 is 28.9. The van der Waals surface area contributed by atoms with Crippen LogP contribution in [0.25, 0.3) is 0 Å². The predicted molar refractivity (Wildman–Crippen MR) is 141 cm³/mol. The van der Waals surface area contributed by atoms with E-state index in [9.17, 15) is 13.2 Å². The fourth-order valence-corrected chi connectivity index (χ4v) is 6.52. The largest absolute Gasteiger partial charge is 0.299 e. The fourth-order valence-electron chi connectivity index (χ4n) is 3.31. The van der Waals surface area contributed by atoms with Crippen molar-refractivity contribution >= 4 is 49.8 Å². The van der Waals surface area contributed by atoms with Gasteiger partial charge in [0.15, 0.2) is 4.34 Å². The van der Waals surface area contributed by atoms with Crippen molar-refractivity contribution in [3.63, 3.8) is 0 Å². The Labute approximate surface area is 213 Å². The number of nitrogens with one attached hydrogen (secondary N) is 1. The van der Waals surface area contributed by atoms with Crippen LogP contribution in [0.4, 0.5) is 10.8 Å². The predicted octanol–water partition coefficient (Wildman–Crippen LogP) is 5.28. The van der Waals surface area contributed by atoms with Crippen LogP contribution in [-0.4, -0.2) is 31.1 Å². The third-order valence-electron chi connectivity index (χ3n) is 5.14. The lowest BCUT2D eigenvalue weighted by atomic mass is 10.2.